The first-order valence-electron chi connectivity index (χ1n) is 5.60. The molecule has 0 saturated carbocycles. The van der Waals surface area contributed by atoms with Crippen LogP contribution >= 0.6 is 15.9 Å². The second kappa shape index (κ2) is 5.01. The Hall–Kier alpha value is -1.14. The molecule has 17 heavy (non-hydrogen) atoms. The van der Waals surface area contributed by atoms with Gasteiger partial charge in [-0.15, -0.1) is 0 Å². The van der Waals surface area contributed by atoms with E-state index in [1.54, 1.807) is 21.8 Å². The van der Waals surface area contributed by atoms with E-state index in [0.717, 1.165) is 29.0 Å². The fraction of sp³-hybridized carbons (Fsp3) is 0.455. The minimum Gasteiger partial charge on any atom is -0.380 e. The number of rotatable bonds is 4. The van der Waals surface area contributed by atoms with E-state index in [4.69, 9.17) is 0 Å². The summed E-state index contributed by atoms with van der Waals surface area (Å²) >= 11 is 3.42. The standard InChI is InChI=1S/C11H15BrN4O/c1-3-15-9(5-6-13-15)11(17)10-8(12)7-14-16(10)4-2/h5-7,11,17H,3-4H2,1-2H3. The number of aliphatic hydroxyl groups excluding tert-OH is 1. The first-order chi connectivity index (χ1) is 8.19. The number of nitrogens with zero attached hydrogens (tertiary/aromatic N) is 4. The highest BCUT2D eigenvalue weighted by atomic mass is 79.9. The highest BCUT2D eigenvalue weighted by Gasteiger charge is 2.21. The summed E-state index contributed by atoms with van der Waals surface area (Å²) in [5, 5.41) is 18.8. The Kier molecular flexibility index (Phi) is 3.63. The van der Waals surface area contributed by atoms with Crippen LogP contribution in [0.2, 0.25) is 0 Å². The topological polar surface area (TPSA) is 55.9 Å². The van der Waals surface area contributed by atoms with Crippen LogP contribution in [-0.2, 0) is 13.1 Å². The number of hydrogen-bond donors (Lipinski definition) is 1. The van der Waals surface area contributed by atoms with Crippen molar-refractivity contribution in [3.63, 3.8) is 0 Å². The van der Waals surface area contributed by atoms with Crippen molar-refractivity contribution in [2.24, 2.45) is 0 Å². The minimum atomic E-state index is -0.714. The molecule has 92 valence electrons. The molecule has 0 bridgehead atoms. The van der Waals surface area contributed by atoms with E-state index in [1.807, 2.05) is 19.9 Å². The van der Waals surface area contributed by atoms with Crippen molar-refractivity contribution in [2.45, 2.75) is 33.0 Å². The van der Waals surface area contributed by atoms with Gasteiger partial charge in [-0.25, -0.2) is 0 Å². The van der Waals surface area contributed by atoms with Gasteiger partial charge >= 0.3 is 0 Å². The molecule has 0 saturated heterocycles. The monoisotopic (exact) mass is 298 g/mol. The molecule has 2 aromatic heterocycles. The Balaban J connectivity index is 2.43. The van der Waals surface area contributed by atoms with Crippen LogP contribution in [0, 0.1) is 0 Å². The van der Waals surface area contributed by atoms with Crippen LogP contribution in [0.1, 0.15) is 31.3 Å². The van der Waals surface area contributed by atoms with E-state index in [2.05, 4.69) is 26.1 Å². The minimum absolute atomic E-state index is 0.714. The molecule has 0 radical (unpaired) electrons. The van der Waals surface area contributed by atoms with Gasteiger partial charge in [-0.3, -0.25) is 9.36 Å². The Bertz CT molecular complexity index is 505. The smallest absolute Gasteiger partial charge is 0.138 e. The fourth-order valence-electron chi connectivity index (χ4n) is 1.88. The maximum Gasteiger partial charge on any atom is 0.138 e. The first-order valence-corrected chi connectivity index (χ1v) is 6.39. The largest absolute Gasteiger partial charge is 0.380 e. The normalized spacial score (nSPS) is 12.9. The number of halogens is 1. The Morgan fingerprint density at radius 3 is 2.65 bits per heavy atom. The highest BCUT2D eigenvalue weighted by Crippen LogP contribution is 2.28. The quantitative estimate of drug-likeness (QED) is 0.939. The molecule has 2 aromatic rings. The summed E-state index contributed by atoms with van der Waals surface area (Å²) in [4.78, 5) is 0. The Labute approximate surface area is 108 Å². The van der Waals surface area contributed by atoms with Crippen LogP contribution in [0.3, 0.4) is 0 Å². The molecular formula is C11H15BrN4O. The summed E-state index contributed by atoms with van der Waals surface area (Å²) in [6, 6.07) is 1.83. The maximum absolute atomic E-state index is 10.4. The molecular weight excluding hydrogens is 284 g/mol. The summed E-state index contributed by atoms with van der Waals surface area (Å²) in [7, 11) is 0. The van der Waals surface area contributed by atoms with E-state index < -0.39 is 6.10 Å². The van der Waals surface area contributed by atoms with Crippen LogP contribution in [0.4, 0.5) is 0 Å². The van der Waals surface area contributed by atoms with Crippen LogP contribution in [-0.4, -0.2) is 24.7 Å². The molecule has 0 amide bonds. The average Bonchev–Trinajstić information content (AvgIpc) is 2.93. The second-order valence-electron chi connectivity index (χ2n) is 3.67. The molecule has 0 spiro atoms. The van der Waals surface area contributed by atoms with Crippen molar-refractivity contribution < 1.29 is 5.11 Å². The summed E-state index contributed by atoms with van der Waals surface area (Å²) in [6.07, 6.45) is 2.69. The lowest BCUT2D eigenvalue weighted by Crippen LogP contribution is -2.14. The Morgan fingerprint density at radius 2 is 2.00 bits per heavy atom. The second-order valence-corrected chi connectivity index (χ2v) is 4.52. The van der Waals surface area contributed by atoms with E-state index in [-0.39, 0.29) is 0 Å². The van der Waals surface area contributed by atoms with Crippen molar-refractivity contribution >= 4 is 15.9 Å². The van der Waals surface area contributed by atoms with Crippen LogP contribution in [0.5, 0.6) is 0 Å². The van der Waals surface area contributed by atoms with Crippen molar-refractivity contribution in [1.29, 1.82) is 0 Å². The van der Waals surface area contributed by atoms with Gasteiger partial charge in [0, 0.05) is 19.3 Å². The third-order valence-electron chi connectivity index (χ3n) is 2.72. The highest BCUT2D eigenvalue weighted by molar-refractivity contribution is 9.10. The fourth-order valence-corrected chi connectivity index (χ4v) is 2.39. The molecule has 0 fully saturated rings. The van der Waals surface area contributed by atoms with Gasteiger partial charge in [-0.1, -0.05) is 0 Å². The van der Waals surface area contributed by atoms with Crippen LogP contribution < -0.4 is 0 Å². The zero-order valence-corrected chi connectivity index (χ0v) is 11.4. The lowest BCUT2D eigenvalue weighted by molar-refractivity contribution is 0.195. The lowest BCUT2D eigenvalue weighted by atomic mass is 10.2. The molecule has 1 N–H and O–H groups in total. The van der Waals surface area contributed by atoms with Gasteiger partial charge in [0.05, 0.1) is 22.1 Å². The molecule has 0 aromatic carbocycles. The molecule has 5 nitrogen and oxygen atoms in total. The van der Waals surface area contributed by atoms with Gasteiger partial charge in [0.2, 0.25) is 0 Å². The van der Waals surface area contributed by atoms with Crippen molar-refractivity contribution in [3.8, 4) is 0 Å². The van der Waals surface area contributed by atoms with Gasteiger partial charge < -0.3 is 5.11 Å². The van der Waals surface area contributed by atoms with E-state index >= 15 is 0 Å². The van der Waals surface area contributed by atoms with Gasteiger partial charge in [0.15, 0.2) is 0 Å². The number of aliphatic hydroxyl groups is 1. The number of hydrogen-bond acceptors (Lipinski definition) is 3. The van der Waals surface area contributed by atoms with Crippen molar-refractivity contribution in [3.05, 3.63) is 34.3 Å². The molecule has 0 aliphatic rings. The van der Waals surface area contributed by atoms with E-state index in [0.29, 0.717) is 0 Å². The molecule has 6 heteroatoms. The third kappa shape index (κ3) is 2.14. The summed E-state index contributed by atoms with van der Waals surface area (Å²) in [5.74, 6) is 0. The van der Waals surface area contributed by atoms with Gasteiger partial charge in [-0.05, 0) is 35.8 Å². The average molecular weight is 299 g/mol. The predicted octanol–water partition coefficient (Wildman–Crippen LogP) is 1.96. The molecule has 1 unspecified atom stereocenters. The number of aryl methyl sites for hydroxylation is 2. The summed E-state index contributed by atoms with van der Waals surface area (Å²) < 4.78 is 4.38. The lowest BCUT2D eigenvalue weighted by Gasteiger charge is -2.14. The first kappa shape index (κ1) is 12.3. The molecule has 1 atom stereocenters. The SMILES string of the molecule is CCn1nccc1C(O)c1c(Br)cnn1CC. The summed E-state index contributed by atoms with van der Waals surface area (Å²) in [6.45, 7) is 5.44. The molecule has 0 aliphatic carbocycles. The zero-order chi connectivity index (χ0) is 12.4. The number of aromatic nitrogens is 4. The third-order valence-corrected chi connectivity index (χ3v) is 3.33. The van der Waals surface area contributed by atoms with Gasteiger partial charge in [0.25, 0.3) is 0 Å². The van der Waals surface area contributed by atoms with Crippen LogP contribution in [0.25, 0.3) is 0 Å². The Morgan fingerprint density at radius 1 is 1.29 bits per heavy atom. The van der Waals surface area contributed by atoms with E-state index in [9.17, 15) is 5.11 Å². The van der Waals surface area contributed by atoms with Gasteiger partial charge in [0.1, 0.15) is 6.10 Å². The van der Waals surface area contributed by atoms with Crippen molar-refractivity contribution in [1.82, 2.24) is 19.6 Å². The predicted molar refractivity (Wildman–Crippen MR) is 67.6 cm³/mol. The van der Waals surface area contributed by atoms with E-state index in [1.165, 1.54) is 0 Å². The molecule has 2 rings (SSSR count). The summed E-state index contributed by atoms with van der Waals surface area (Å²) in [5.41, 5.74) is 1.55. The molecule has 0 aliphatic heterocycles. The van der Waals surface area contributed by atoms with Crippen LogP contribution in [0.15, 0.2) is 22.9 Å². The maximum atomic E-state index is 10.4. The van der Waals surface area contributed by atoms with Gasteiger partial charge in [-0.2, -0.15) is 10.2 Å². The molecule has 2 heterocycles. The zero-order valence-electron chi connectivity index (χ0n) is 9.84. The van der Waals surface area contributed by atoms with Crippen molar-refractivity contribution in [2.75, 3.05) is 0 Å².